The second-order valence-electron chi connectivity index (χ2n) is 8.34. The van der Waals surface area contributed by atoms with Gasteiger partial charge in [0.1, 0.15) is 0 Å². The molecule has 2 rings (SSSR count). The largest absolute Gasteiger partial charge is 0.435 e. The van der Waals surface area contributed by atoms with Gasteiger partial charge in [-0.05, 0) is 32.1 Å². The Kier molecular flexibility index (Phi) is 8.48. The molecule has 0 N–H and O–H groups in total. The Balaban J connectivity index is 1.98. The zero-order valence-corrected chi connectivity index (χ0v) is 16.4. The van der Waals surface area contributed by atoms with Crippen LogP contribution in [0.1, 0.15) is 97.3 Å². The molecule has 0 saturated heterocycles. The molecular formula is C22H38O3. The Morgan fingerprint density at radius 1 is 1.12 bits per heavy atom. The highest BCUT2D eigenvalue weighted by Gasteiger charge is 2.34. The lowest BCUT2D eigenvalue weighted by Gasteiger charge is -2.33. The van der Waals surface area contributed by atoms with Gasteiger partial charge in [-0.3, -0.25) is 4.79 Å². The monoisotopic (exact) mass is 350 g/mol. The van der Waals surface area contributed by atoms with Crippen molar-refractivity contribution in [1.82, 2.24) is 0 Å². The first-order valence-corrected chi connectivity index (χ1v) is 10.6. The van der Waals surface area contributed by atoms with Crippen molar-refractivity contribution >= 4 is 5.97 Å². The van der Waals surface area contributed by atoms with Gasteiger partial charge in [-0.2, -0.15) is 0 Å². The Morgan fingerprint density at radius 3 is 2.28 bits per heavy atom. The number of rotatable bonds is 9. The van der Waals surface area contributed by atoms with Gasteiger partial charge in [0.15, 0.2) is 0 Å². The maximum atomic E-state index is 12.8. The third-order valence-electron chi connectivity index (χ3n) is 6.07. The Hall–Kier alpha value is -0.830. The van der Waals surface area contributed by atoms with Gasteiger partial charge in [0.2, 0.25) is 6.29 Å². The van der Waals surface area contributed by atoms with Crippen molar-refractivity contribution in [2.75, 3.05) is 0 Å². The number of hydrogen-bond acceptors (Lipinski definition) is 3. The molecule has 2 fully saturated rings. The third-order valence-corrected chi connectivity index (χ3v) is 6.07. The van der Waals surface area contributed by atoms with Crippen LogP contribution >= 0.6 is 0 Å². The summed E-state index contributed by atoms with van der Waals surface area (Å²) in [6.07, 6.45) is 16.6. The third kappa shape index (κ3) is 6.44. The normalized spacial score (nSPS) is 23.6. The molecule has 2 atom stereocenters. The molecule has 144 valence electrons. The molecule has 0 radical (unpaired) electrons. The topological polar surface area (TPSA) is 35.5 Å². The molecule has 2 aliphatic carbocycles. The number of ether oxygens (including phenoxy) is 2. The Labute approximate surface area is 154 Å². The smallest absolute Gasteiger partial charge is 0.317 e. The van der Waals surface area contributed by atoms with E-state index < -0.39 is 5.41 Å². The minimum absolute atomic E-state index is 0.166. The van der Waals surface area contributed by atoms with E-state index in [-0.39, 0.29) is 18.4 Å². The molecule has 25 heavy (non-hydrogen) atoms. The van der Waals surface area contributed by atoms with Gasteiger partial charge in [-0.1, -0.05) is 70.8 Å². The van der Waals surface area contributed by atoms with Crippen molar-refractivity contribution in [3.8, 4) is 0 Å². The molecule has 3 heteroatoms. The second kappa shape index (κ2) is 10.4. The zero-order chi connectivity index (χ0) is 18.1. The first-order chi connectivity index (χ1) is 12.1. The van der Waals surface area contributed by atoms with Crippen molar-refractivity contribution in [3.63, 3.8) is 0 Å². The van der Waals surface area contributed by atoms with E-state index in [0.29, 0.717) is 5.92 Å². The number of esters is 1. The van der Waals surface area contributed by atoms with Crippen molar-refractivity contribution in [2.24, 2.45) is 11.3 Å². The predicted octanol–water partition coefficient (Wildman–Crippen LogP) is 6.17. The van der Waals surface area contributed by atoms with E-state index in [2.05, 4.69) is 13.5 Å². The molecular weight excluding hydrogens is 312 g/mol. The number of hydrogen-bond donors (Lipinski definition) is 0. The van der Waals surface area contributed by atoms with Crippen LogP contribution in [-0.2, 0) is 14.3 Å². The molecule has 2 saturated carbocycles. The van der Waals surface area contributed by atoms with Gasteiger partial charge in [-0.25, -0.2) is 0 Å². The van der Waals surface area contributed by atoms with Crippen molar-refractivity contribution in [2.45, 2.75) is 110 Å². The van der Waals surface area contributed by atoms with Crippen LogP contribution in [0.4, 0.5) is 0 Å². The van der Waals surface area contributed by atoms with E-state index in [0.717, 1.165) is 32.1 Å². The molecule has 0 aromatic heterocycles. The summed E-state index contributed by atoms with van der Waals surface area (Å²) in [6.45, 7) is 7.89. The average molecular weight is 351 g/mol. The summed E-state index contributed by atoms with van der Waals surface area (Å²) in [6, 6.07) is 0. The standard InChI is InChI=1S/C22H38O3/c1-4-16-22(3,5-2)21(23)25-20(17-18-12-8-6-9-13-18)24-19-14-10-7-11-15-19/h5,18-20H,2,4,6-17H2,1,3H3. The quantitative estimate of drug-likeness (QED) is 0.283. The fourth-order valence-electron chi connectivity index (χ4n) is 4.30. The predicted molar refractivity (Wildman–Crippen MR) is 102 cm³/mol. The highest BCUT2D eigenvalue weighted by molar-refractivity contribution is 5.78. The first-order valence-electron chi connectivity index (χ1n) is 10.6. The van der Waals surface area contributed by atoms with Crippen LogP contribution in [0.3, 0.4) is 0 Å². The van der Waals surface area contributed by atoms with Crippen molar-refractivity contribution < 1.29 is 14.3 Å². The van der Waals surface area contributed by atoms with Gasteiger partial charge < -0.3 is 9.47 Å². The van der Waals surface area contributed by atoms with E-state index >= 15 is 0 Å². The fraction of sp³-hybridized carbons (Fsp3) is 0.864. The zero-order valence-electron chi connectivity index (χ0n) is 16.4. The van der Waals surface area contributed by atoms with Crippen molar-refractivity contribution in [1.29, 1.82) is 0 Å². The van der Waals surface area contributed by atoms with Gasteiger partial charge in [0.25, 0.3) is 0 Å². The summed E-state index contributed by atoms with van der Waals surface area (Å²) >= 11 is 0. The van der Waals surface area contributed by atoms with Gasteiger partial charge in [0.05, 0.1) is 11.5 Å². The molecule has 0 aromatic rings. The maximum absolute atomic E-state index is 12.8. The molecule has 2 unspecified atom stereocenters. The van der Waals surface area contributed by atoms with E-state index in [1.165, 1.54) is 51.4 Å². The van der Waals surface area contributed by atoms with Gasteiger partial charge in [0, 0.05) is 6.42 Å². The van der Waals surface area contributed by atoms with E-state index in [4.69, 9.17) is 9.47 Å². The summed E-state index contributed by atoms with van der Waals surface area (Å²) in [5.41, 5.74) is -0.602. The average Bonchev–Trinajstić information content (AvgIpc) is 2.63. The molecule has 0 aromatic carbocycles. The summed E-state index contributed by atoms with van der Waals surface area (Å²) in [4.78, 5) is 12.8. The van der Waals surface area contributed by atoms with Gasteiger partial charge in [-0.15, -0.1) is 6.58 Å². The second-order valence-corrected chi connectivity index (χ2v) is 8.34. The van der Waals surface area contributed by atoms with E-state index in [1.54, 1.807) is 6.08 Å². The minimum atomic E-state index is -0.602. The molecule has 3 nitrogen and oxygen atoms in total. The molecule has 0 amide bonds. The van der Waals surface area contributed by atoms with Crippen LogP contribution in [0.5, 0.6) is 0 Å². The van der Waals surface area contributed by atoms with Crippen LogP contribution in [0.15, 0.2) is 12.7 Å². The number of carbonyl (C=O) groups excluding carboxylic acids is 1. The Morgan fingerprint density at radius 2 is 1.72 bits per heavy atom. The van der Waals surface area contributed by atoms with Crippen LogP contribution in [0, 0.1) is 11.3 Å². The van der Waals surface area contributed by atoms with Crippen LogP contribution < -0.4 is 0 Å². The molecule has 0 heterocycles. The minimum Gasteiger partial charge on any atom is -0.435 e. The summed E-state index contributed by atoms with van der Waals surface area (Å²) in [5, 5.41) is 0. The fourth-order valence-corrected chi connectivity index (χ4v) is 4.30. The lowest BCUT2D eigenvalue weighted by Crippen LogP contribution is -2.36. The van der Waals surface area contributed by atoms with Crippen LogP contribution in [0.25, 0.3) is 0 Å². The molecule has 2 aliphatic rings. The molecule has 0 aliphatic heterocycles. The SMILES string of the molecule is C=CC(C)(CCC)C(=O)OC(CC1CCCCC1)OC1CCCCC1. The Bertz CT molecular complexity index is 387. The highest BCUT2D eigenvalue weighted by atomic mass is 16.7. The lowest BCUT2D eigenvalue weighted by molar-refractivity contribution is -0.204. The molecule has 0 spiro atoms. The van der Waals surface area contributed by atoms with Crippen LogP contribution in [-0.4, -0.2) is 18.4 Å². The van der Waals surface area contributed by atoms with Crippen LogP contribution in [0.2, 0.25) is 0 Å². The van der Waals surface area contributed by atoms with E-state index in [9.17, 15) is 4.79 Å². The lowest BCUT2D eigenvalue weighted by atomic mass is 9.85. The van der Waals surface area contributed by atoms with Gasteiger partial charge >= 0.3 is 5.97 Å². The van der Waals surface area contributed by atoms with E-state index in [1.807, 2.05) is 6.92 Å². The molecule has 0 bridgehead atoms. The van der Waals surface area contributed by atoms with Crippen molar-refractivity contribution in [3.05, 3.63) is 12.7 Å². The first kappa shape index (κ1) is 20.5. The summed E-state index contributed by atoms with van der Waals surface area (Å²) < 4.78 is 12.2. The summed E-state index contributed by atoms with van der Waals surface area (Å²) in [5.74, 6) is 0.470. The highest BCUT2D eigenvalue weighted by Crippen LogP contribution is 2.33. The number of carbonyl (C=O) groups is 1. The summed E-state index contributed by atoms with van der Waals surface area (Å²) in [7, 11) is 0. The maximum Gasteiger partial charge on any atom is 0.317 e.